The molecule has 0 bridgehead atoms. The van der Waals surface area contributed by atoms with Crippen molar-refractivity contribution < 1.29 is 22.9 Å². The smallest absolute Gasteiger partial charge is 0.356 e. The number of fused-ring (bicyclic) bond motifs is 1. The molecule has 0 radical (unpaired) electrons. The molecule has 0 spiro atoms. The van der Waals surface area contributed by atoms with Gasteiger partial charge in [-0.25, -0.2) is 17.2 Å². The lowest BCUT2D eigenvalue weighted by Gasteiger charge is -2.12. The second kappa shape index (κ2) is 7.42. The summed E-state index contributed by atoms with van der Waals surface area (Å²) in [6, 6.07) is 8.77. The van der Waals surface area contributed by atoms with Crippen molar-refractivity contribution in [3.8, 4) is 0 Å². The van der Waals surface area contributed by atoms with Crippen molar-refractivity contribution in [1.29, 1.82) is 0 Å². The van der Waals surface area contributed by atoms with Gasteiger partial charge < -0.3 is 4.74 Å². The monoisotopic (exact) mass is 442 g/mol. The zero-order chi connectivity index (χ0) is 20.6. The Morgan fingerprint density at radius 3 is 2.43 bits per heavy atom. The van der Waals surface area contributed by atoms with Gasteiger partial charge in [0.2, 0.25) is 0 Å². The van der Waals surface area contributed by atoms with Gasteiger partial charge in [0, 0.05) is 21.5 Å². The van der Waals surface area contributed by atoms with E-state index in [0.717, 1.165) is 12.1 Å². The van der Waals surface area contributed by atoms with E-state index in [1.807, 2.05) is 0 Å². The van der Waals surface area contributed by atoms with Gasteiger partial charge in [0.05, 0.1) is 17.0 Å². The number of aromatic nitrogens is 1. The number of ether oxygens (including phenoxy) is 1. The molecule has 1 aromatic heterocycles. The predicted octanol–water partition coefficient (Wildman–Crippen LogP) is 4.27. The van der Waals surface area contributed by atoms with E-state index in [1.54, 1.807) is 6.92 Å². The first-order chi connectivity index (χ1) is 13.2. The summed E-state index contributed by atoms with van der Waals surface area (Å²) in [5.74, 6) is -0.900. The maximum absolute atomic E-state index is 13.4. The van der Waals surface area contributed by atoms with Gasteiger partial charge in [-0.15, -0.1) is 0 Å². The minimum absolute atomic E-state index is 0.0124. The molecule has 0 N–H and O–H groups in total. The number of rotatable bonds is 5. The molecule has 0 aliphatic heterocycles. The van der Waals surface area contributed by atoms with Crippen molar-refractivity contribution in [1.82, 2.24) is 3.97 Å². The van der Waals surface area contributed by atoms with E-state index in [0.29, 0.717) is 14.4 Å². The van der Waals surface area contributed by atoms with Crippen LogP contribution in [0.15, 0.2) is 47.4 Å². The van der Waals surface area contributed by atoms with Crippen LogP contribution in [-0.2, 0) is 14.8 Å². The number of nitro benzene ring substituents is 1. The molecular formula is C17H12Cl2N2O6S. The summed E-state index contributed by atoms with van der Waals surface area (Å²) in [6.07, 6.45) is 0. The van der Waals surface area contributed by atoms with Gasteiger partial charge in [-0.2, -0.15) is 0 Å². The van der Waals surface area contributed by atoms with Crippen LogP contribution in [0.4, 0.5) is 5.69 Å². The van der Waals surface area contributed by atoms with Gasteiger partial charge in [-0.3, -0.25) is 10.1 Å². The lowest BCUT2D eigenvalue weighted by molar-refractivity contribution is -0.387. The third-order valence-electron chi connectivity index (χ3n) is 3.84. The standard InChI is InChI=1S/C17H12Cl2N2O6S/c1-2-27-17(22)15-8-10-7-11(18)3-5-13(10)20(15)28(25,26)16-9-12(19)4-6-14(16)21(23)24/h3-9H,2H2,1H3. The van der Waals surface area contributed by atoms with Crippen LogP contribution in [0.1, 0.15) is 17.4 Å². The largest absolute Gasteiger partial charge is 0.461 e. The molecule has 0 atom stereocenters. The average molecular weight is 443 g/mol. The van der Waals surface area contributed by atoms with E-state index >= 15 is 0 Å². The number of carbonyl (C=O) groups excluding carboxylic acids is 1. The van der Waals surface area contributed by atoms with Crippen LogP contribution in [0.5, 0.6) is 0 Å². The van der Waals surface area contributed by atoms with Gasteiger partial charge in [-0.05, 0) is 43.3 Å². The van der Waals surface area contributed by atoms with Crippen LogP contribution in [0, 0.1) is 10.1 Å². The van der Waals surface area contributed by atoms with Crippen molar-refractivity contribution in [2.24, 2.45) is 0 Å². The Hall–Kier alpha value is -2.62. The van der Waals surface area contributed by atoms with Gasteiger partial charge >= 0.3 is 5.97 Å². The Balaban J connectivity index is 2.39. The summed E-state index contributed by atoms with van der Waals surface area (Å²) in [4.78, 5) is 22.3. The molecule has 0 saturated carbocycles. The number of hydrogen-bond donors (Lipinski definition) is 0. The molecule has 0 saturated heterocycles. The first-order valence-electron chi connectivity index (χ1n) is 7.84. The van der Waals surface area contributed by atoms with Crippen LogP contribution in [-0.4, -0.2) is 29.9 Å². The summed E-state index contributed by atoms with van der Waals surface area (Å²) in [5, 5.41) is 12.0. The Labute approximate surface area is 169 Å². The molecule has 0 aliphatic carbocycles. The number of esters is 1. The number of benzene rings is 2. The molecule has 0 aliphatic rings. The van der Waals surface area contributed by atoms with Crippen molar-refractivity contribution in [3.05, 3.63) is 68.3 Å². The fraction of sp³-hybridized carbons (Fsp3) is 0.118. The molecule has 8 nitrogen and oxygen atoms in total. The van der Waals surface area contributed by atoms with Crippen LogP contribution in [0.3, 0.4) is 0 Å². The maximum Gasteiger partial charge on any atom is 0.356 e. The Kier molecular flexibility index (Phi) is 5.33. The fourth-order valence-corrected chi connectivity index (χ4v) is 4.82. The molecule has 2 aromatic carbocycles. The van der Waals surface area contributed by atoms with E-state index in [4.69, 9.17) is 27.9 Å². The van der Waals surface area contributed by atoms with Crippen LogP contribution >= 0.6 is 23.2 Å². The second-order valence-corrected chi connectivity index (χ2v) is 8.22. The zero-order valence-corrected chi connectivity index (χ0v) is 16.6. The van der Waals surface area contributed by atoms with Crippen molar-refractivity contribution in [2.45, 2.75) is 11.8 Å². The first-order valence-corrected chi connectivity index (χ1v) is 10.0. The highest BCUT2D eigenvalue weighted by Crippen LogP contribution is 2.33. The molecule has 28 heavy (non-hydrogen) atoms. The molecule has 0 amide bonds. The van der Waals surface area contributed by atoms with Crippen molar-refractivity contribution in [2.75, 3.05) is 6.61 Å². The van der Waals surface area contributed by atoms with Crippen molar-refractivity contribution in [3.63, 3.8) is 0 Å². The summed E-state index contributed by atoms with van der Waals surface area (Å²) in [5.41, 5.74) is -0.870. The molecule has 0 unspecified atom stereocenters. The Morgan fingerprint density at radius 2 is 1.79 bits per heavy atom. The van der Waals surface area contributed by atoms with E-state index in [9.17, 15) is 23.3 Å². The number of hydrogen-bond acceptors (Lipinski definition) is 6. The van der Waals surface area contributed by atoms with Gasteiger partial charge in [0.15, 0.2) is 4.90 Å². The minimum atomic E-state index is -4.58. The van der Waals surface area contributed by atoms with E-state index in [1.165, 1.54) is 30.3 Å². The van der Waals surface area contributed by atoms with Crippen LogP contribution in [0.25, 0.3) is 10.9 Å². The first kappa shape index (κ1) is 20.1. The van der Waals surface area contributed by atoms with Gasteiger partial charge in [0.1, 0.15) is 5.69 Å². The van der Waals surface area contributed by atoms with Crippen LogP contribution in [0.2, 0.25) is 10.0 Å². The SMILES string of the molecule is CCOC(=O)c1cc2cc(Cl)ccc2n1S(=O)(=O)c1cc(Cl)ccc1[N+](=O)[O-]. The summed E-state index contributed by atoms with van der Waals surface area (Å²) in [6.45, 7) is 1.58. The Bertz CT molecular complexity index is 1220. The molecule has 0 fully saturated rings. The summed E-state index contributed by atoms with van der Waals surface area (Å²) < 4.78 is 32.4. The predicted molar refractivity (Wildman–Crippen MR) is 104 cm³/mol. The highest BCUT2D eigenvalue weighted by Gasteiger charge is 2.33. The summed E-state index contributed by atoms with van der Waals surface area (Å²) in [7, 11) is -4.58. The number of nitro groups is 1. The number of nitrogens with zero attached hydrogens (tertiary/aromatic N) is 2. The van der Waals surface area contributed by atoms with Gasteiger partial charge in [0.25, 0.3) is 15.7 Å². The Morgan fingerprint density at radius 1 is 1.14 bits per heavy atom. The average Bonchev–Trinajstić information content (AvgIpc) is 3.01. The lowest BCUT2D eigenvalue weighted by atomic mass is 10.2. The molecule has 146 valence electrons. The summed E-state index contributed by atoms with van der Waals surface area (Å²) >= 11 is 11.8. The van der Waals surface area contributed by atoms with E-state index < -0.39 is 31.5 Å². The lowest BCUT2D eigenvalue weighted by Crippen LogP contribution is -2.20. The fourth-order valence-electron chi connectivity index (χ4n) is 2.71. The van der Waals surface area contributed by atoms with Crippen molar-refractivity contribution >= 4 is 55.8 Å². The van der Waals surface area contributed by atoms with Gasteiger partial charge in [-0.1, -0.05) is 23.2 Å². The maximum atomic E-state index is 13.4. The number of carbonyl (C=O) groups is 1. The molecule has 3 rings (SSSR count). The van der Waals surface area contributed by atoms with E-state index in [2.05, 4.69) is 0 Å². The van der Waals surface area contributed by atoms with E-state index in [-0.39, 0.29) is 22.8 Å². The highest BCUT2D eigenvalue weighted by molar-refractivity contribution is 7.90. The third-order valence-corrected chi connectivity index (χ3v) is 6.07. The zero-order valence-electron chi connectivity index (χ0n) is 14.3. The normalized spacial score (nSPS) is 11.5. The molecule has 1 heterocycles. The quantitative estimate of drug-likeness (QED) is 0.331. The molecule has 3 aromatic rings. The molecular weight excluding hydrogens is 431 g/mol. The molecule has 11 heteroatoms. The second-order valence-electron chi connectivity index (χ2n) is 5.59. The third kappa shape index (κ3) is 3.44. The number of halogens is 2. The topological polar surface area (TPSA) is 109 Å². The van der Waals surface area contributed by atoms with Crippen LogP contribution < -0.4 is 0 Å². The minimum Gasteiger partial charge on any atom is -0.461 e. The highest BCUT2D eigenvalue weighted by atomic mass is 35.5.